The molecule has 0 aliphatic carbocycles. The van der Waals surface area contributed by atoms with Crippen molar-refractivity contribution in [3.8, 4) is 5.75 Å². The molecule has 11 heteroatoms. The zero-order chi connectivity index (χ0) is 17.0. The number of non-ortho nitro benzene ring substituents is 1. The molecule has 124 valence electrons. The summed E-state index contributed by atoms with van der Waals surface area (Å²) in [6.45, 7) is -0.262. The maximum atomic E-state index is 10.6. The predicted octanol–water partition coefficient (Wildman–Crippen LogP) is 0.0915. The molecule has 5 atom stereocenters. The Bertz CT molecular complexity index is 604. The van der Waals surface area contributed by atoms with Gasteiger partial charge in [-0.1, -0.05) is 5.11 Å². The van der Waals surface area contributed by atoms with Gasteiger partial charge in [-0.15, -0.1) is 0 Å². The molecule has 11 nitrogen and oxygen atoms in total. The van der Waals surface area contributed by atoms with E-state index in [-0.39, 0.29) is 18.0 Å². The molecule has 1 aromatic carbocycles. The van der Waals surface area contributed by atoms with Crippen LogP contribution < -0.4 is 4.74 Å². The Morgan fingerprint density at radius 3 is 2.48 bits per heavy atom. The number of aliphatic hydroxyl groups is 3. The molecular formula is C12H14N4O7. The van der Waals surface area contributed by atoms with Crippen molar-refractivity contribution in [3.63, 3.8) is 0 Å². The summed E-state index contributed by atoms with van der Waals surface area (Å²) in [6.07, 6.45) is -6.97. The number of nitro groups is 1. The van der Waals surface area contributed by atoms with Crippen molar-refractivity contribution in [1.29, 1.82) is 0 Å². The summed E-state index contributed by atoms with van der Waals surface area (Å²) in [6, 6.07) is 5.00. The zero-order valence-electron chi connectivity index (χ0n) is 11.7. The summed E-state index contributed by atoms with van der Waals surface area (Å²) in [5.74, 6) is 0.158. The lowest BCUT2D eigenvalue weighted by molar-refractivity contribution is -0.384. The van der Waals surface area contributed by atoms with Crippen LogP contribution in [0.15, 0.2) is 29.4 Å². The first-order chi connectivity index (χ1) is 10.9. The maximum Gasteiger partial charge on any atom is 0.269 e. The van der Waals surface area contributed by atoms with Gasteiger partial charge in [-0.3, -0.25) is 10.1 Å². The summed E-state index contributed by atoms with van der Waals surface area (Å²) in [5, 5.41) is 43.3. The van der Waals surface area contributed by atoms with Gasteiger partial charge in [0.25, 0.3) is 5.69 Å². The number of hydrogen-bond donors (Lipinski definition) is 3. The van der Waals surface area contributed by atoms with E-state index < -0.39 is 35.6 Å². The van der Waals surface area contributed by atoms with E-state index in [9.17, 15) is 25.4 Å². The molecule has 0 saturated carbocycles. The SMILES string of the molecule is [N-]=[N+]=NC[C@H]1O[C@H](Oc2ccc([N+](=O)[O-])cc2)[C@H](O)[C@@H](O)[C@H]1O. The van der Waals surface area contributed by atoms with Gasteiger partial charge >= 0.3 is 0 Å². The highest BCUT2D eigenvalue weighted by molar-refractivity contribution is 5.36. The van der Waals surface area contributed by atoms with Crippen LogP contribution in [0.2, 0.25) is 0 Å². The molecule has 1 aliphatic rings. The van der Waals surface area contributed by atoms with Crippen molar-refractivity contribution in [2.45, 2.75) is 30.7 Å². The molecule has 1 aromatic rings. The van der Waals surface area contributed by atoms with Gasteiger partial charge in [0.1, 0.15) is 24.1 Å². The minimum Gasteiger partial charge on any atom is -0.462 e. The van der Waals surface area contributed by atoms with Crippen LogP contribution in [0.3, 0.4) is 0 Å². The lowest BCUT2D eigenvalue weighted by Gasteiger charge is -2.39. The van der Waals surface area contributed by atoms with Gasteiger partial charge in [-0.2, -0.15) is 0 Å². The summed E-state index contributed by atoms with van der Waals surface area (Å²) in [4.78, 5) is 12.5. The quantitative estimate of drug-likeness (QED) is 0.226. The van der Waals surface area contributed by atoms with Gasteiger partial charge in [0.05, 0.1) is 17.6 Å². The lowest BCUT2D eigenvalue weighted by atomic mass is 9.99. The second kappa shape index (κ2) is 7.22. The number of benzene rings is 1. The Balaban J connectivity index is 2.10. The predicted molar refractivity (Wildman–Crippen MR) is 74.4 cm³/mol. The van der Waals surface area contributed by atoms with E-state index in [2.05, 4.69) is 10.0 Å². The Hall–Kier alpha value is -2.43. The largest absolute Gasteiger partial charge is 0.462 e. The molecule has 1 heterocycles. The fourth-order valence-corrected chi connectivity index (χ4v) is 2.06. The van der Waals surface area contributed by atoms with Gasteiger partial charge in [0.15, 0.2) is 0 Å². The molecule has 1 fully saturated rings. The van der Waals surface area contributed by atoms with E-state index in [1.54, 1.807) is 0 Å². The van der Waals surface area contributed by atoms with E-state index in [1.807, 2.05) is 0 Å². The third-order valence-corrected chi connectivity index (χ3v) is 3.29. The number of rotatable bonds is 5. The normalized spacial score (nSPS) is 30.3. The average molecular weight is 326 g/mol. The minimum absolute atomic E-state index is 0.140. The number of nitrogens with zero attached hydrogens (tertiary/aromatic N) is 4. The smallest absolute Gasteiger partial charge is 0.269 e. The number of ether oxygens (including phenoxy) is 2. The number of nitro benzene ring substituents is 1. The van der Waals surface area contributed by atoms with Gasteiger partial charge in [-0.05, 0) is 17.7 Å². The van der Waals surface area contributed by atoms with Gasteiger partial charge < -0.3 is 24.8 Å². The number of hydrogen-bond acceptors (Lipinski definition) is 8. The van der Waals surface area contributed by atoms with Crippen molar-refractivity contribution in [1.82, 2.24) is 0 Å². The van der Waals surface area contributed by atoms with Crippen molar-refractivity contribution >= 4 is 5.69 Å². The molecule has 0 amide bonds. The summed E-state index contributed by atoms with van der Waals surface area (Å²) >= 11 is 0. The highest BCUT2D eigenvalue weighted by Gasteiger charge is 2.44. The molecule has 3 N–H and O–H groups in total. The number of aliphatic hydroxyl groups excluding tert-OH is 3. The molecule has 1 aliphatic heterocycles. The highest BCUT2D eigenvalue weighted by Crippen LogP contribution is 2.25. The van der Waals surface area contributed by atoms with E-state index >= 15 is 0 Å². The molecule has 2 rings (SSSR count). The second-order valence-electron chi connectivity index (χ2n) is 4.80. The Labute approximate surface area is 129 Å². The molecule has 0 aromatic heterocycles. The van der Waals surface area contributed by atoms with E-state index in [0.717, 1.165) is 0 Å². The fourth-order valence-electron chi connectivity index (χ4n) is 2.06. The molecule has 0 radical (unpaired) electrons. The van der Waals surface area contributed by atoms with Crippen LogP contribution in [0.1, 0.15) is 0 Å². The fraction of sp³-hybridized carbons (Fsp3) is 0.500. The lowest BCUT2D eigenvalue weighted by Crippen LogP contribution is -2.59. The van der Waals surface area contributed by atoms with Crippen molar-refractivity contribution < 1.29 is 29.7 Å². The molecule has 0 bridgehead atoms. The molecule has 1 saturated heterocycles. The third-order valence-electron chi connectivity index (χ3n) is 3.29. The monoisotopic (exact) mass is 326 g/mol. The molecular weight excluding hydrogens is 312 g/mol. The highest BCUT2D eigenvalue weighted by atomic mass is 16.7. The Kier molecular flexibility index (Phi) is 5.32. The van der Waals surface area contributed by atoms with E-state index in [4.69, 9.17) is 15.0 Å². The minimum atomic E-state index is -1.56. The van der Waals surface area contributed by atoms with Crippen LogP contribution >= 0.6 is 0 Å². The van der Waals surface area contributed by atoms with Crippen LogP contribution in [-0.2, 0) is 4.74 Å². The number of azide groups is 1. The molecule has 23 heavy (non-hydrogen) atoms. The Morgan fingerprint density at radius 2 is 1.91 bits per heavy atom. The van der Waals surface area contributed by atoms with Gasteiger partial charge in [0, 0.05) is 17.0 Å². The first-order valence-electron chi connectivity index (χ1n) is 6.55. The Morgan fingerprint density at radius 1 is 1.26 bits per heavy atom. The first kappa shape index (κ1) is 16.9. The van der Waals surface area contributed by atoms with Crippen molar-refractivity contribution in [2.75, 3.05) is 6.54 Å². The summed E-state index contributed by atoms with van der Waals surface area (Å²) < 4.78 is 10.6. The van der Waals surface area contributed by atoms with E-state index in [1.165, 1.54) is 24.3 Å². The summed E-state index contributed by atoms with van der Waals surface area (Å²) in [5.41, 5.74) is 8.16. The molecule has 0 unspecified atom stereocenters. The van der Waals surface area contributed by atoms with Gasteiger partial charge in [0.2, 0.25) is 6.29 Å². The van der Waals surface area contributed by atoms with Crippen LogP contribution in [-0.4, -0.2) is 57.5 Å². The third kappa shape index (κ3) is 3.86. The van der Waals surface area contributed by atoms with E-state index in [0.29, 0.717) is 0 Å². The topological polar surface area (TPSA) is 171 Å². The average Bonchev–Trinajstić information content (AvgIpc) is 2.54. The molecule has 0 spiro atoms. The second-order valence-corrected chi connectivity index (χ2v) is 4.80. The van der Waals surface area contributed by atoms with Crippen LogP contribution in [0.25, 0.3) is 10.4 Å². The zero-order valence-corrected chi connectivity index (χ0v) is 11.7. The van der Waals surface area contributed by atoms with Crippen molar-refractivity contribution in [3.05, 3.63) is 44.8 Å². The van der Waals surface area contributed by atoms with Crippen molar-refractivity contribution in [2.24, 2.45) is 5.11 Å². The summed E-state index contributed by atoms with van der Waals surface area (Å²) in [7, 11) is 0. The van der Waals surface area contributed by atoms with Crippen LogP contribution in [0.4, 0.5) is 5.69 Å². The van der Waals surface area contributed by atoms with Crippen LogP contribution in [0, 0.1) is 10.1 Å². The first-order valence-corrected chi connectivity index (χ1v) is 6.55. The standard InChI is InChI=1S/C12H14N4O7/c13-15-14-5-8-9(17)10(18)11(19)12(23-8)22-7-3-1-6(2-4-7)16(20)21/h1-4,8-12,17-19H,5H2/t8-,9+,10+,11-,12+/m1/s1. The maximum absolute atomic E-state index is 10.6. The van der Waals surface area contributed by atoms with Crippen LogP contribution in [0.5, 0.6) is 5.75 Å². The van der Waals surface area contributed by atoms with Gasteiger partial charge in [-0.25, -0.2) is 0 Å².